The lowest BCUT2D eigenvalue weighted by Gasteiger charge is -2.35. The van der Waals surface area contributed by atoms with E-state index in [9.17, 15) is 9.18 Å². The number of thiazole rings is 1. The van der Waals surface area contributed by atoms with Crippen molar-refractivity contribution in [3.05, 3.63) is 53.9 Å². The predicted octanol–water partition coefficient (Wildman–Crippen LogP) is 4.74. The van der Waals surface area contributed by atoms with Gasteiger partial charge >= 0.3 is 6.09 Å². The molecule has 3 aromatic rings. The largest absolute Gasteiger partial charge is 0.441 e. The van der Waals surface area contributed by atoms with E-state index in [1.165, 1.54) is 11.0 Å². The van der Waals surface area contributed by atoms with Gasteiger partial charge < -0.3 is 10.1 Å². The fraction of sp³-hybridized carbons (Fsp3) is 0.364. The number of hydrogen-bond donors (Lipinski definition) is 1. The Morgan fingerprint density at radius 1 is 1.16 bits per heavy atom. The van der Waals surface area contributed by atoms with Gasteiger partial charge in [-0.25, -0.2) is 14.8 Å². The minimum absolute atomic E-state index is 0.304. The van der Waals surface area contributed by atoms with Crippen LogP contribution < -0.4 is 10.2 Å². The average molecular weight is 440 g/mol. The number of nitrogens with one attached hydrogen (secondary N) is 1. The summed E-state index contributed by atoms with van der Waals surface area (Å²) >= 11 is 1.58. The Labute approximate surface area is 183 Å². The van der Waals surface area contributed by atoms with Gasteiger partial charge in [0, 0.05) is 18.1 Å². The second-order valence-corrected chi connectivity index (χ2v) is 8.89. The van der Waals surface area contributed by atoms with Crippen molar-refractivity contribution in [3.8, 4) is 11.4 Å². The zero-order valence-electron chi connectivity index (χ0n) is 16.8. The molecule has 160 valence electrons. The van der Waals surface area contributed by atoms with Crippen LogP contribution in [0, 0.1) is 11.9 Å². The lowest BCUT2D eigenvalue weighted by atomic mass is 9.78. The van der Waals surface area contributed by atoms with Gasteiger partial charge in [0.2, 0.25) is 5.95 Å². The summed E-state index contributed by atoms with van der Waals surface area (Å²) in [5.74, 6) is 0.181. The fourth-order valence-electron chi connectivity index (χ4n) is 4.23. The maximum absolute atomic E-state index is 13.5. The van der Waals surface area contributed by atoms with Gasteiger partial charge in [-0.05, 0) is 55.9 Å². The highest BCUT2D eigenvalue weighted by Gasteiger charge is 2.48. The van der Waals surface area contributed by atoms with Crippen LogP contribution in [0.15, 0.2) is 48.0 Å². The van der Waals surface area contributed by atoms with Crippen molar-refractivity contribution in [3.63, 3.8) is 0 Å². The Morgan fingerprint density at radius 3 is 2.81 bits per heavy atom. The molecular formula is C22H22FN5O2S. The summed E-state index contributed by atoms with van der Waals surface area (Å²) in [6, 6.07) is 10.2. The van der Waals surface area contributed by atoms with Crippen molar-refractivity contribution in [2.24, 2.45) is 5.92 Å². The first-order valence-electron chi connectivity index (χ1n) is 10.3. The summed E-state index contributed by atoms with van der Waals surface area (Å²) in [6.45, 7) is 1.25. The summed E-state index contributed by atoms with van der Waals surface area (Å²) in [5.41, 5.74) is 1.24. The number of rotatable bonds is 5. The zero-order chi connectivity index (χ0) is 21.3. The van der Waals surface area contributed by atoms with Crippen molar-refractivity contribution in [2.45, 2.75) is 31.3 Å². The number of ether oxygens (including phenoxy) is 1. The molecule has 1 N–H and O–H groups in total. The Balaban J connectivity index is 1.15. The number of carbonyl (C=O) groups is 1. The van der Waals surface area contributed by atoms with E-state index in [1.54, 1.807) is 29.7 Å². The SMILES string of the molecule is O=C1O[C@]2(CC[C@H](CNc3nc(-c4ccccn4)cs3)CC2)CN1c1cccc(F)n1. The molecule has 3 aromatic heterocycles. The summed E-state index contributed by atoms with van der Waals surface area (Å²) in [5, 5.41) is 6.34. The number of aromatic nitrogens is 3. The van der Waals surface area contributed by atoms with Crippen molar-refractivity contribution >= 4 is 28.4 Å². The number of carbonyl (C=O) groups excluding carboxylic acids is 1. The number of nitrogens with zero attached hydrogens (tertiary/aromatic N) is 4. The molecule has 2 aliphatic rings. The molecule has 7 nitrogen and oxygen atoms in total. The standard InChI is InChI=1S/C22H22FN5O2S/c23-18-5-3-6-19(27-18)28-14-22(30-21(28)29)9-7-15(8-10-22)12-25-20-26-17(13-31-20)16-4-1-2-11-24-16/h1-6,11,13,15H,7-10,12,14H2,(H,25,26)/t15-,22-. The van der Waals surface area contributed by atoms with E-state index >= 15 is 0 Å². The molecule has 1 aliphatic heterocycles. The molecule has 0 unspecified atom stereocenters. The van der Waals surface area contributed by atoms with Gasteiger partial charge in [0.15, 0.2) is 5.13 Å². The molecule has 1 aliphatic carbocycles. The number of amides is 1. The molecule has 5 rings (SSSR count). The molecule has 0 atom stereocenters. The van der Waals surface area contributed by atoms with Crippen LogP contribution in [0.5, 0.6) is 0 Å². The van der Waals surface area contributed by atoms with Crippen LogP contribution >= 0.6 is 11.3 Å². The van der Waals surface area contributed by atoms with Gasteiger partial charge in [0.1, 0.15) is 17.1 Å². The van der Waals surface area contributed by atoms with E-state index in [-0.39, 0.29) is 0 Å². The van der Waals surface area contributed by atoms with Crippen molar-refractivity contribution < 1.29 is 13.9 Å². The van der Waals surface area contributed by atoms with Gasteiger partial charge in [-0.15, -0.1) is 11.3 Å². The molecule has 2 fully saturated rings. The maximum atomic E-state index is 13.5. The average Bonchev–Trinajstić information content (AvgIpc) is 3.39. The summed E-state index contributed by atoms with van der Waals surface area (Å²) in [4.78, 5) is 26.6. The maximum Gasteiger partial charge on any atom is 0.416 e. The Morgan fingerprint density at radius 2 is 2.03 bits per heavy atom. The third-order valence-corrected chi connectivity index (χ3v) is 6.74. The lowest BCUT2D eigenvalue weighted by molar-refractivity contribution is 0.0148. The third kappa shape index (κ3) is 4.23. The van der Waals surface area contributed by atoms with Gasteiger partial charge in [-0.2, -0.15) is 4.39 Å². The van der Waals surface area contributed by atoms with E-state index in [4.69, 9.17) is 4.74 Å². The van der Waals surface area contributed by atoms with Gasteiger partial charge in [-0.1, -0.05) is 12.1 Å². The van der Waals surface area contributed by atoms with Crippen LogP contribution in [0.2, 0.25) is 0 Å². The van der Waals surface area contributed by atoms with Crippen molar-refractivity contribution in [1.82, 2.24) is 15.0 Å². The molecule has 4 heterocycles. The molecular weight excluding hydrogens is 417 g/mol. The quantitative estimate of drug-likeness (QED) is 0.579. The molecule has 1 amide bonds. The van der Waals surface area contributed by atoms with Crippen LogP contribution in [0.1, 0.15) is 25.7 Å². The highest BCUT2D eigenvalue weighted by atomic mass is 32.1. The molecule has 1 saturated heterocycles. The zero-order valence-corrected chi connectivity index (χ0v) is 17.6. The number of halogens is 1. The van der Waals surface area contributed by atoms with Gasteiger partial charge in [0.25, 0.3) is 0 Å². The van der Waals surface area contributed by atoms with Gasteiger partial charge in [-0.3, -0.25) is 9.88 Å². The normalized spacial score (nSPS) is 23.2. The van der Waals surface area contributed by atoms with Crippen molar-refractivity contribution in [1.29, 1.82) is 0 Å². The molecule has 0 aromatic carbocycles. The Kier molecular flexibility index (Phi) is 5.27. The Hall–Kier alpha value is -3.07. The number of pyridine rings is 2. The minimum Gasteiger partial charge on any atom is -0.441 e. The lowest BCUT2D eigenvalue weighted by Crippen LogP contribution is -2.39. The molecule has 1 saturated carbocycles. The molecule has 31 heavy (non-hydrogen) atoms. The van der Waals surface area contributed by atoms with E-state index in [0.29, 0.717) is 18.3 Å². The Bertz CT molecular complexity index is 1070. The minimum atomic E-state index is -0.602. The van der Waals surface area contributed by atoms with Crippen LogP contribution in [0.4, 0.5) is 20.1 Å². The highest BCUT2D eigenvalue weighted by molar-refractivity contribution is 7.14. The summed E-state index contributed by atoms with van der Waals surface area (Å²) in [7, 11) is 0. The molecule has 1 spiro atoms. The summed E-state index contributed by atoms with van der Waals surface area (Å²) < 4.78 is 19.2. The van der Waals surface area contributed by atoms with Gasteiger partial charge in [0.05, 0.1) is 12.2 Å². The number of hydrogen-bond acceptors (Lipinski definition) is 7. The van der Waals surface area contributed by atoms with E-state index in [1.807, 2.05) is 23.6 Å². The van der Waals surface area contributed by atoms with Crippen LogP contribution in [-0.4, -0.2) is 39.7 Å². The third-order valence-electron chi connectivity index (χ3n) is 5.94. The number of anilines is 2. The van der Waals surface area contributed by atoms with Crippen LogP contribution in [0.25, 0.3) is 11.4 Å². The smallest absolute Gasteiger partial charge is 0.416 e. The molecule has 0 radical (unpaired) electrons. The molecule has 9 heteroatoms. The predicted molar refractivity (Wildman–Crippen MR) is 117 cm³/mol. The fourth-order valence-corrected chi connectivity index (χ4v) is 4.95. The van der Waals surface area contributed by atoms with E-state index in [2.05, 4.69) is 20.3 Å². The topological polar surface area (TPSA) is 80.2 Å². The monoisotopic (exact) mass is 439 g/mol. The first-order valence-corrected chi connectivity index (χ1v) is 11.2. The van der Waals surface area contributed by atoms with E-state index in [0.717, 1.165) is 48.7 Å². The molecule has 0 bridgehead atoms. The highest BCUT2D eigenvalue weighted by Crippen LogP contribution is 2.40. The van der Waals surface area contributed by atoms with Crippen LogP contribution in [0.3, 0.4) is 0 Å². The van der Waals surface area contributed by atoms with Crippen LogP contribution in [-0.2, 0) is 4.74 Å². The first-order chi connectivity index (χ1) is 15.1. The van der Waals surface area contributed by atoms with E-state index < -0.39 is 17.6 Å². The second-order valence-electron chi connectivity index (χ2n) is 8.03. The second kappa shape index (κ2) is 8.22. The first kappa shape index (κ1) is 19.9. The summed E-state index contributed by atoms with van der Waals surface area (Å²) in [6.07, 6.45) is 4.79. The van der Waals surface area contributed by atoms with Crippen molar-refractivity contribution in [2.75, 3.05) is 23.3 Å².